The molecule has 4 heteroatoms. The number of carbonyl (C=O) groups is 1. The highest BCUT2D eigenvalue weighted by atomic mass is 16.3. The van der Waals surface area contributed by atoms with Crippen LogP contribution in [-0.2, 0) is 0 Å². The van der Waals surface area contributed by atoms with Crippen molar-refractivity contribution in [1.82, 2.24) is 4.90 Å². The third-order valence-corrected chi connectivity index (χ3v) is 4.39. The van der Waals surface area contributed by atoms with Crippen LogP contribution in [0, 0.1) is 12.8 Å². The van der Waals surface area contributed by atoms with Crippen molar-refractivity contribution in [1.29, 1.82) is 0 Å². The summed E-state index contributed by atoms with van der Waals surface area (Å²) in [7, 11) is 0. The van der Waals surface area contributed by atoms with Crippen LogP contribution >= 0.6 is 0 Å². The topological polar surface area (TPSA) is 53.7 Å². The van der Waals surface area contributed by atoms with Gasteiger partial charge in [-0.05, 0) is 38.0 Å². The average Bonchev–Trinajstić information content (AvgIpc) is 2.90. The molecule has 2 aromatic rings. The molecule has 1 N–H and O–H groups in total. The van der Waals surface area contributed by atoms with Crippen LogP contribution in [0.15, 0.2) is 28.7 Å². The Hall–Kier alpha value is -1.81. The first kappa shape index (κ1) is 14.1. The van der Waals surface area contributed by atoms with Crippen LogP contribution in [0.4, 0.5) is 0 Å². The minimum absolute atomic E-state index is 0.0748. The maximum absolute atomic E-state index is 12.6. The molecule has 1 aliphatic rings. The van der Waals surface area contributed by atoms with Gasteiger partial charge in [0, 0.05) is 24.4 Å². The number of benzene rings is 1. The van der Waals surface area contributed by atoms with Gasteiger partial charge < -0.3 is 14.4 Å². The molecule has 112 valence electrons. The number of likely N-dealkylation sites (tertiary alicyclic amines) is 1. The van der Waals surface area contributed by atoms with Crippen LogP contribution in [0.25, 0.3) is 11.0 Å². The number of aryl methyl sites for hydroxylation is 1. The van der Waals surface area contributed by atoms with E-state index < -0.39 is 0 Å². The highest BCUT2D eigenvalue weighted by Crippen LogP contribution is 2.25. The number of hydrogen-bond donors (Lipinski definition) is 1. The van der Waals surface area contributed by atoms with Gasteiger partial charge in [-0.15, -0.1) is 0 Å². The molecule has 0 bridgehead atoms. The molecule has 1 aromatic carbocycles. The largest absolute Gasteiger partial charge is 0.451 e. The lowest BCUT2D eigenvalue weighted by molar-refractivity contribution is 0.0214. The molecule has 2 atom stereocenters. The smallest absolute Gasteiger partial charge is 0.289 e. The fourth-order valence-electron chi connectivity index (χ4n) is 3.03. The Labute approximate surface area is 124 Å². The van der Waals surface area contributed by atoms with E-state index in [1.54, 1.807) is 4.90 Å². The van der Waals surface area contributed by atoms with Gasteiger partial charge in [0.25, 0.3) is 5.91 Å². The third kappa shape index (κ3) is 2.68. The first-order valence-electron chi connectivity index (χ1n) is 7.56. The van der Waals surface area contributed by atoms with Gasteiger partial charge in [0.1, 0.15) is 5.58 Å². The van der Waals surface area contributed by atoms with E-state index in [0.717, 1.165) is 23.0 Å². The van der Waals surface area contributed by atoms with Gasteiger partial charge in [0.15, 0.2) is 5.76 Å². The number of nitrogens with zero attached hydrogens (tertiary/aromatic N) is 1. The monoisotopic (exact) mass is 287 g/mol. The Bertz CT molecular complexity index is 661. The number of amides is 1. The van der Waals surface area contributed by atoms with E-state index >= 15 is 0 Å². The van der Waals surface area contributed by atoms with Gasteiger partial charge in [0.2, 0.25) is 0 Å². The molecule has 1 fully saturated rings. The lowest BCUT2D eigenvalue weighted by atomic mass is 9.92. The van der Waals surface area contributed by atoms with Crippen molar-refractivity contribution in [3.8, 4) is 0 Å². The molecule has 0 radical (unpaired) electrons. The second-order valence-electron chi connectivity index (χ2n) is 5.93. The number of rotatable bonds is 2. The molecule has 2 unspecified atom stereocenters. The highest BCUT2D eigenvalue weighted by Gasteiger charge is 2.30. The summed E-state index contributed by atoms with van der Waals surface area (Å²) in [6, 6.07) is 7.71. The lowest BCUT2D eigenvalue weighted by Gasteiger charge is -2.35. The molecule has 1 amide bonds. The van der Waals surface area contributed by atoms with Crippen molar-refractivity contribution in [2.24, 2.45) is 5.92 Å². The van der Waals surface area contributed by atoms with Crippen molar-refractivity contribution >= 4 is 16.9 Å². The third-order valence-electron chi connectivity index (χ3n) is 4.39. The number of fused-ring (bicyclic) bond motifs is 1. The zero-order chi connectivity index (χ0) is 15.0. The Morgan fingerprint density at radius 2 is 2.24 bits per heavy atom. The Balaban J connectivity index is 1.83. The normalized spacial score (nSPS) is 22.7. The van der Waals surface area contributed by atoms with E-state index in [4.69, 9.17) is 4.42 Å². The minimum atomic E-state index is -0.294. The summed E-state index contributed by atoms with van der Waals surface area (Å²) in [5, 5.41) is 10.9. The molecular weight excluding hydrogens is 266 g/mol. The Morgan fingerprint density at radius 1 is 1.43 bits per heavy atom. The van der Waals surface area contributed by atoms with Gasteiger partial charge in [-0.25, -0.2) is 0 Å². The van der Waals surface area contributed by atoms with E-state index in [-0.39, 0.29) is 17.9 Å². The van der Waals surface area contributed by atoms with Crippen molar-refractivity contribution < 1.29 is 14.3 Å². The quantitative estimate of drug-likeness (QED) is 0.924. The maximum atomic E-state index is 12.6. The zero-order valence-electron chi connectivity index (χ0n) is 12.5. The summed E-state index contributed by atoms with van der Waals surface area (Å²) >= 11 is 0. The van der Waals surface area contributed by atoms with Gasteiger partial charge in [0.05, 0.1) is 6.10 Å². The minimum Gasteiger partial charge on any atom is -0.451 e. The van der Waals surface area contributed by atoms with E-state index in [1.807, 2.05) is 38.1 Å². The summed E-state index contributed by atoms with van der Waals surface area (Å²) in [6.45, 7) is 5.26. The number of carbonyl (C=O) groups excluding carboxylic acids is 1. The molecule has 0 spiro atoms. The van der Waals surface area contributed by atoms with Crippen LogP contribution < -0.4 is 0 Å². The van der Waals surface area contributed by atoms with Crippen LogP contribution in [0.3, 0.4) is 0 Å². The molecule has 1 aromatic heterocycles. The van der Waals surface area contributed by atoms with Crippen molar-refractivity contribution in [3.63, 3.8) is 0 Å². The van der Waals surface area contributed by atoms with Gasteiger partial charge >= 0.3 is 0 Å². The summed E-state index contributed by atoms with van der Waals surface area (Å²) in [5.41, 5.74) is 1.89. The molecule has 4 nitrogen and oxygen atoms in total. The van der Waals surface area contributed by atoms with E-state index in [2.05, 4.69) is 0 Å². The summed E-state index contributed by atoms with van der Waals surface area (Å²) in [6.07, 6.45) is 1.23. The molecule has 1 saturated heterocycles. The number of hydrogen-bond acceptors (Lipinski definition) is 3. The lowest BCUT2D eigenvalue weighted by Crippen LogP contribution is -2.45. The molecule has 21 heavy (non-hydrogen) atoms. The van der Waals surface area contributed by atoms with Crippen LogP contribution in [0.5, 0.6) is 0 Å². The first-order valence-corrected chi connectivity index (χ1v) is 7.56. The van der Waals surface area contributed by atoms with Crippen LogP contribution in [-0.4, -0.2) is 35.1 Å². The summed E-state index contributed by atoms with van der Waals surface area (Å²) < 4.78 is 5.68. The standard InChI is InChI=1S/C17H21NO3/c1-3-12-10-18(7-6-14(12)19)17(20)16-9-13-8-11(2)4-5-15(13)21-16/h4-5,8-9,12,14,19H,3,6-7,10H2,1-2H3. The Morgan fingerprint density at radius 3 is 3.00 bits per heavy atom. The van der Waals surface area contributed by atoms with Crippen LogP contribution in [0.2, 0.25) is 0 Å². The second-order valence-corrected chi connectivity index (χ2v) is 5.93. The molecule has 0 aliphatic carbocycles. The highest BCUT2D eigenvalue weighted by molar-refractivity contribution is 5.96. The number of aliphatic hydroxyl groups is 1. The van der Waals surface area contributed by atoms with E-state index in [0.29, 0.717) is 25.3 Å². The fourth-order valence-corrected chi connectivity index (χ4v) is 3.03. The maximum Gasteiger partial charge on any atom is 0.289 e. The number of aliphatic hydroxyl groups excluding tert-OH is 1. The van der Waals surface area contributed by atoms with Gasteiger partial charge in [-0.1, -0.05) is 18.6 Å². The molecule has 0 saturated carbocycles. The number of furan rings is 1. The fraction of sp³-hybridized carbons (Fsp3) is 0.471. The SMILES string of the molecule is CCC1CN(C(=O)c2cc3cc(C)ccc3o2)CCC1O. The molecular formula is C17H21NO3. The Kier molecular flexibility index (Phi) is 3.72. The predicted molar refractivity (Wildman–Crippen MR) is 81.3 cm³/mol. The molecule has 3 rings (SSSR count). The zero-order valence-corrected chi connectivity index (χ0v) is 12.5. The van der Waals surface area contributed by atoms with Crippen molar-refractivity contribution in [2.45, 2.75) is 32.8 Å². The molecule has 1 aliphatic heterocycles. The predicted octanol–water partition coefficient (Wildman–Crippen LogP) is 2.97. The van der Waals surface area contributed by atoms with Crippen molar-refractivity contribution in [2.75, 3.05) is 13.1 Å². The van der Waals surface area contributed by atoms with E-state index in [1.165, 1.54) is 0 Å². The summed E-state index contributed by atoms with van der Waals surface area (Å²) in [5.74, 6) is 0.477. The average molecular weight is 287 g/mol. The van der Waals surface area contributed by atoms with Gasteiger partial charge in [-0.2, -0.15) is 0 Å². The van der Waals surface area contributed by atoms with Crippen LogP contribution in [0.1, 0.15) is 35.9 Å². The van der Waals surface area contributed by atoms with Gasteiger partial charge in [-0.3, -0.25) is 4.79 Å². The number of piperidine rings is 1. The molecule has 2 heterocycles. The van der Waals surface area contributed by atoms with Crippen molar-refractivity contribution in [3.05, 3.63) is 35.6 Å². The second kappa shape index (κ2) is 5.53. The summed E-state index contributed by atoms with van der Waals surface area (Å²) in [4.78, 5) is 14.4. The van der Waals surface area contributed by atoms with E-state index in [9.17, 15) is 9.90 Å². The first-order chi connectivity index (χ1) is 10.1.